The molecular weight excluding hydrogens is 393 g/mol. The maximum atomic E-state index is 13.2. The minimum atomic E-state index is -4.64. The predicted molar refractivity (Wildman–Crippen MR) is 101 cm³/mol. The minimum absolute atomic E-state index is 0.128. The number of hydrogen-bond acceptors (Lipinski definition) is 4. The van der Waals surface area contributed by atoms with Crippen LogP contribution in [0.1, 0.15) is 25.5 Å². The number of rotatable bonds is 3. The van der Waals surface area contributed by atoms with Gasteiger partial charge in [-0.2, -0.15) is 18.2 Å². The summed E-state index contributed by atoms with van der Waals surface area (Å²) in [5, 5.41) is 3.70. The quantitative estimate of drug-likeness (QED) is 0.684. The van der Waals surface area contributed by atoms with Gasteiger partial charge in [0.15, 0.2) is 5.65 Å². The van der Waals surface area contributed by atoms with E-state index >= 15 is 0 Å². The SMILES string of the molecule is C[C@H]1C[C@@H](Nc2nc(=O)n(-c3ccccc3Cl)c3nc(C(F)(F)F)ccc23)C1. The number of halogens is 4. The zero-order valence-corrected chi connectivity index (χ0v) is 15.6. The lowest BCUT2D eigenvalue weighted by atomic mass is 9.82. The van der Waals surface area contributed by atoms with E-state index < -0.39 is 17.6 Å². The molecule has 0 spiro atoms. The molecule has 28 heavy (non-hydrogen) atoms. The van der Waals surface area contributed by atoms with Gasteiger partial charge in [-0.25, -0.2) is 14.3 Å². The van der Waals surface area contributed by atoms with Crippen molar-refractivity contribution in [2.75, 3.05) is 5.32 Å². The lowest BCUT2D eigenvalue weighted by Crippen LogP contribution is -2.35. The molecule has 0 radical (unpaired) electrons. The van der Waals surface area contributed by atoms with E-state index in [1.54, 1.807) is 18.2 Å². The third-order valence-electron chi connectivity index (χ3n) is 4.84. The number of nitrogens with zero attached hydrogens (tertiary/aromatic N) is 3. The highest BCUT2D eigenvalue weighted by molar-refractivity contribution is 6.32. The van der Waals surface area contributed by atoms with Crippen LogP contribution < -0.4 is 11.0 Å². The van der Waals surface area contributed by atoms with Gasteiger partial charge in [-0.3, -0.25) is 0 Å². The number of aromatic nitrogens is 3. The number of fused-ring (bicyclic) bond motifs is 1. The first kappa shape index (κ1) is 18.7. The van der Waals surface area contributed by atoms with Crippen molar-refractivity contribution in [2.45, 2.75) is 32.0 Å². The molecule has 0 atom stereocenters. The Morgan fingerprint density at radius 2 is 1.86 bits per heavy atom. The van der Waals surface area contributed by atoms with Crippen molar-refractivity contribution < 1.29 is 13.2 Å². The molecule has 146 valence electrons. The minimum Gasteiger partial charge on any atom is -0.367 e. The van der Waals surface area contributed by atoms with Gasteiger partial charge in [0.1, 0.15) is 11.5 Å². The fraction of sp³-hybridized carbons (Fsp3) is 0.316. The lowest BCUT2D eigenvalue weighted by molar-refractivity contribution is -0.141. The van der Waals surface area contributed by atoms with E-state index in [2.05, 4.69) is 22.2 Å². The molecule has 0 unspecified atom stereocenters. The van der Waals surface area contributed by atoms with E-state index in [9.17, 15) is 18.0 Å². The second-order valence-corrected chi connectivity index (χ2v) is 7.42. The maximum Gasteiger partial charge on any atom is 0.433 e. The lowest BCUT2D eigenvalue weighted by Gasteiger charge is -2.33. The summed E-state index contributed by atoms with van der Waals surface area (Å²) in [6.45, 7) is 2.11. The molecule has 2 heterocycles. The van der Waals surface area contributed by atoms with Gasteiger partial charge in [-0.05, 0) is 43.0 Å². The molecule has 9 heteroatoms. The number of nitrogens with one attached hydrogen (secondary N) is 1. The van der Waals surface area contributed by atoms with Crippen molar-refractivity contribution in [1.29, 1.82) is 0 Å². The van der Waals surface area contributed by atoms with Crippen LogP contribution in [0.4, 0.5) is 19.0 Å². The van der Waals surface area contributed by atoms with Gasteiger partial charge in [0, 0.05) is 6.04 Å². The third-order valence-corrected chi connectivity index (χ3v) is 5.16. The molecule has 1 fully saturated rings. The largest absolute Gasteiger partial charge is 0.433 e. The molecule has 1 aliphatic carbocycles. The topological polar surface area (TPSA) is 59.8 Å². The molecule has 4 rings (SSSR count). The Balaban J connectivity index is 1.96. The van der Waals surface area contributed by atoms with E-state index in [0.717, 1.165) is 23.5 Å². The number of pyridine rings is 1. The number of alkyl halides is 3. The summed E-state index contributed by atoms with van der Waals surface area (Å²) in [6, 6.07) is 8.68. The Kier molecular flexibility index (Phi) is 4.53. The van der Waals surface area contributed by atoms with Gasteiger partial charge in [0.25, 0.3) is 0 Å². The van der Waals surface area contributed by atoms with Gasteiger partial charge < -0.3 is 5.32 Å². The highest BCUT2D eigenvalue weighted by Gasteiger charge is 2.34. The zero-order chi connectivity index (χ0) is 20.1. The fourth-order valence-electron chi connectivity index (χ4n) is 3.43. The van der Waals surface area contributed by atoms with E-state index in [1.165, 1.54) is 12.1 Å². The molecular formula is C19H16ClF3N4O. The number of anilines is 1. The average molecular weight is 409 g/mol. The molecule has 5 nitrogen and oxygen atoms in total. The summed E-state index contributed by atoms with van der Waals surface area (Å²) in [4.78, 5) is 20.6. The second-order valence-electron chi connectivity index (χ2n) is 7.01. The molecule has 0 bridgehead atoms. The summed E-state index contributed by atoms with van der Waals surface area (Å²) in [5.41, 5.74) is -1.75. The van der Waals surface area contributed by atoms with Crippen LogP contribution in [0, 0.1) is 5.92 Å². The maximum absolute atomic E-state index is 13.2. The Hall–Kier alpha value is -2.61. The third kappa shape index (κ3) is 3.32. The van der Waals surface area contributed by atoms with Gasteiger partial charge in [0.05, 0.1) is 16.1 Å². The van der Waals surface area contributed by atoms with Gasteiger partial charge in [-0.1, -0.05) is 30.7 Å². The molecule has 1 saturated carbocycles. The van der Waals surface area contributed by atoms with Gasteiger partial charge >= 0.3 is 11.9 Å². The summed E-state index contributed by atoms with van der Waals surface area (Å²) in [6.07, 6.45) is -2.83. The van der Waals surface area contributed by atoms with E-state index in [0.29, 0.717) is 11.3 Å². The van der Waals surface area contributed by atoms with Crippen molar-refractivity contribution in [2.24, 2.45) is 5.92 Å². The summed E-state index contributed by atoms with van der Waals surface area (Å²) < 4.78 is 40.7. The summed E-state index contributed by atoms with van der Waals surface area (Å²) >= 11 is 6.18. The van der Waals surface area contributed by atoms with Crippen LogP contribution in [0.25, 0.3) is 16.7 Å². The van der Waals surface area contributed by atoms with Crippen LogP contribution in [0.2, 0.25) is 5.02 Å². The van der Waals surface area contributed by atoms with E-state index in [1.807, 2.05) is 0 Å². The van der Waals surface area contributed by atoms with Crippen LogP contribution in [-0.4, -0.2) is 20.6 Å². The second kappa shape index (κ2) is 6.77. The smallest absolute Gasteiger partial charge is 0.367 e. The first-order valence-electron chi connectivity index (χ1n) is 8.76. The highest BCUT2D eigenvalue weighted by Crippen LogP contribution is 2.33. The van der Waals surface area contributed by atoms with Gasteiger partial charge in [-0.15, -0.1) is 0 Å². The van der Waals surface area contributed by atoms with Gasteiger partial charge in [0.2, 0.25) is 0 Å². The standard InChI is InChI=1S/C19H16ClF3N4O/c1-10-8-11(9-10)24-16-12-6-7-15(19(21,22)23)25-17(12)27(18(28)26-16)14-5-3-2-4-13(14)20/h2-7,10-11H,8-9H2,1H3,(H,24,26,28)/t10-,11+. The van der Waals surface area contributed by atoms with Crippen molar-refractivity contribution in [3.05, 3.63) is 57.6 Å². The molecule has 0 saturated heterocycles. The van der Waals surface area contributed by atoms with Crippen molar-refractivity contribution in [3.63, 3.8) is 0 Å². The first-order valence-corrected chi connectivity index (χ1v) is 9.14. The average Bonchev–Trinajstić information content (AvgIpc) is 2.60. The predicted octanol–water partition coefficient (Wildman–Crippen LogP) is 4.66. The Labute approximate surface area is 163 Å². The zero-order valence-electron chi connectivity index (χ0n) is 14.8. The van der Waals surface area contributed by atoms with Crippen LogP contribution in [0.15, 0.2) is 41.2 Å². The molecule has 1 N–H and O–H groups in total. The Bertz CT molecular complexity index is 1110. The number of hydrogen-bond donors (Lipinski definition) is 1. The van der Waals surface area contributed by atoms with E-state index in [-0.39, 0.29) is 28.2 Å². The highest BCUT2D eigenvalue weighted by atomic mass is 35.5. The molecule has 1 aliphatic rings. The monoisotopic (exact) mass is 408 g/mol. The summed E-state index contributed by atoms with van der Waals surface area (Å²) in [5.74, 6) is 0.795. The molecule has 0 amide bonds. The van der Waals surface area contributed by atoms with Crippen LogP contribution >= 0.6 is 11.6 Å². The fourth-order valence-corrected chi connectivity index (χ4v) is 3.65. The van der Waals surface area contributed by atoms with E-state index in [4.69, 9.17) is 11.6 Å². The van der Waals surface area contributed by atoms with Crippen molar-refractivity contribution in [3.8, 4) is 5.69 Å². The first-order chi connectivity index (χ1) is 13.2. The summed E-state index contributed by atoms with van der Waals surface area (Å²) in [7, 11) is 0. The van der Waals surface area contributed by atoms with Crippen molar-refractivity contribution in [1.82, 2.24) is 14.5 Å². The molecule has 3 aromatic rings. The molecule has 1 aromatic carbocycles. The van der Waals surface area contributed by atoms with Crippen LogP contribution in [0.3, 0.4) is 0 Å². The Morgan fingerprint density at radius 1 is 1.14 bits per heavy atom. The normalized spacial score (nSPS) is 19.5. The number of para-hydroxylation sites is 1. The van der Waals surface area contributed by atoms with Crippen LogP contribution in [0.5, 0.6) is 0 Å². The molecule has 2 aromatic heterocycles. The van der Waals surface area contributed by atoms with Crippen molar-refractivity contribution >= 4 is 28.5 Å². The number of benzene rings is 1. The van der Waals surface area contributed by atoms with Crippen LogP contribution in [-0.2, 0) is 6.18 Å². The molecule has 0 aliphatic heterocycles. The Morgan fingerprint density at radius 3 is 2.50 bits per heavy atom.